The van der Waals surface area contributed by atoms with Gasteiger partial charge in [0.05, 0.1) is 36.6 Å². The fraction of sp³-hybridized carbons (Fsp3) is 0.154. The van der Waals surface area contributed by atoms with E-state index < -0.39 is 29.9 Å². The first kappa shape index (κ1) is 24.0. The first-order valence-corrected chi connectivity index (χ1v) is 10.9. The molecular formula is C26H20ClNO7. The highest BCUT2D eigenvalue weighted by atomic mass is 35.5. The van der Waals surface area contributed by atoms with Crippen LogP contribution in [0.1, 0.15) is 58.7 Å². The lowest BCUT2D eigenvalue weighted by Crippen LogP contribution is -2.23. The normalized spacial score (nSPS) is 14.4. The number of methoxy groups -OCH3 is 2. The summed E-state index contributed by atoms with van der Waals surface area (Å²) in [4.78, 5) is 49.7. The number of carbonyl (C=O) groups excluding carboxylic acids is 4. The third-order valence-corrected chi connectivity index (χ3v) is 5.83. The third kappa shape index (κ3) is 5.02. The van der Waals surface area contributed by atoms with E-state index in [4.69, 9.17) is 25.8 Å². The predicted molar refractivity (Wildman–Crippen MR) is 127 cm³/mol. The summed E-state index contributed by atoms with van der Waals surface area (Å²) in [7, 11) is 2.44. The number of amides is 1. The van der Waals surface area contributed by atoms with E-state index >= 15 is 0 Å². The number of hydrogen-bond acceptors (Lipinski definition) is 7. The van der Waals surface area contributed by atoms with E-state index in [1.54, 1.807) is 30.3 Å². The summed E-state index contributed by atoms with van der Waals surface area (Å²) in [6.07, 6.45) is -0.150. The van der Waals surface area contributed by atoms with Crippen LogP contribution >= 0.6 is 11.6 Å². The molecule has 0 aromatic heterocycles. The highest BCUT2D eigenvalue weighted by molar-refractivity contribution is 6.30. The van der Waals surface area contributed by atoms with Crippen molar-refractivity contribution in [3.8, 4) is 0 Å². The molecule has 0 aliphatic carbocycles. The van der Waals surface area contributed by atoms with Crippen molar-refractivity contribution in [2.24, 2.45) is 0 Å². The van der Waals surface area contributed by atoms with Gasteiger partial charge in [-0.1, -0.05) is 23.7 Å². The largest absolute Gasteiger partial charge is 0.465 e. The lowest BCUT2D eigenvalue weighted by atomic mass is 9.93. The van der Waals surface area contributed by atoms with Crippen LogP contribution in [0.15, 0.2) is 60.7 Å². The van der Waals surface area contributed by atoms with Gasteiger partial charge in [0, 0.05) is 17.0 Å². The van der Waals surface area contributed by atoms with Gasteiger partial charge in [0.25, 0.3) is 5.91 Å². The van der Waals surface area contributed by atoms with Crippen molar-refractivity contribution in [1.82, 2.24) is 0 Å². The Kier molecular flexibility index (Phi) is 6.84. The van der Waals surface area contributed by atoms with Crippen molar-refractivity contribution in [2.45, 2.75) is 12.5 Å². The number of fused-ring (bicyclic) bond motifs is 1. The van der Waals surface area contributed by atoms with E-state index in [0.717, 1.165) is 5.56 Å². The minimum absolute atomic E-state index is 0.0674. The molecule has 178 valence electrons. The molecule has 0 saturated heterocycles. The van der Waals surface area contributed by atoms with E-state index in [0.29, 0.717) is 22.6 Å². The molecule has 0 fully saturated rings. The molecule has 3 aromatic rings. The monoisotopic (exact) mass is 493 g/mol. The zero-order valence-corrected chi connectivity index (χ0v) is 19.5. The quantitative estimate of drug-likeness (QED) is 0.408. The Hall–Kier alpha value is -4.17. The second-order valence-electron chi connectivity index (χ2n) is 7.72. The summed E-state index contributed by atoms with van der Waals surface area (Å²) in [6.45, 7) is 0. The van der Waals surface area contributed by atoms with Gasteiger partial charge >= 0.3 is 17.9 Å². The minimum atomic E-state index is -0.685. The molecule has 0 saturated carbocycles. The van der Waals surface area contributed by atoms with Crippen LogP contribution in [0.3, 0.4) is 0 Å². The lowest BCUT2D eigenvalue weighted by Gasteiger charge is -2.25. The maximum absolute atomic E-state index is 13.1. The molecule has 4 rings (SSSR count). The van der Waals surface area contributed by atoms with Crippen molar-refractivity contribution in [2.75, 3.05) is 19.5 Å². The highest BCUT2D eigenvalue weighted by Crippen LogP contribution is 2.32. The van der Waals surface area contributed by atoms with Crippen LogP contribution in [-0.2, 0) is 20.6 Å². The summed E-state index contributed by atoms with van der Waals surface area (Å²) >= 11 is 5.95. The van der Waals surface area contributed by atoms with E-state index in [-0.39, 0.29) is 22.4 Å². The molecule has 1 amide bonds. The Morgan fingerprint density at radius 3 is 2.29 bits per heavy atom. The molecule has 9 heteroatoms. The van der Waals surface area contributed by atoms with Crippen molar-refractivity contribution in [3.05, 3.63) is 99.1 Å². The van der Waals surface area contributed by atoms with Gasteiger partial charge in [0.15, 0.2) is 0 Å². The predicted octanol–water partition coefficient (Wildman–Crippen LogP) is 4.62. The average Bonchev–Trinajstić information content (AvgIpc) is 2.87. The number of carbonyl (C=O) groups is 4. The molecule has 0 spiro atoms. The maximum Gasteiger partial charge on any atom is 0.339 e. The molecule has 3 aromatic carbocycles. The molecule has 1 aliphatic rings. The number of ether oxygens (including phenoxy) is 3. The zero-order chi connectivity index (χ0) is 25.1. The van der Waals surface area contributed by atoms with Gasteiger partial charge in [-0.3, -0.25) is 4.79 Å². The van der Waals surface area contributed by atoms with Gasteiger partial charge in [-0.15, -0.1) is 0 Å². The summed E-state index contributed by atoms with van der Waals surface area (Å²) in [6, 6.07) is 15.7. The van der Waals surface area contributed by atoms with Crippen LogP contribution < -0.4 is 5.32 Å². The lowest BCUT2D eigenvalue weighted by molar-refractivity contribution is 0.0252. The highest BCUT2D eigenvalue weighted by Gasteiger charge is 2.28. The number of halogens is 1. The van der Waals surface area contributed by atoms with E-state index in [1.165, 1.54) is 44.6 Å². The molecule has 1 heterocycles. The second kappa shape index (κ2) is 9.99. The summed E-state index contributed by atoms with van der Waals surface area (Å²) in [5.41, 5.74) is 2.35. The summed E-state index contributed by atoms with van der Waals surface area (Å²) < 4.78 is 15.0. The number of hydrogen-bond donors (Lipinski definition) is 1. The Bertz CT molecular complexity index is 1330. The van der Waals surface area contributed by atoms with Crippen LogP contribution in [-0.4, -0.2) is 38.0 Å². The molecular weight excluding hydrogens is 474 g/mol. The van der Waals surface area contributed by atoms with Crippen molar-refractivity contribution in [1.29, 1.82) is 0 Å². The molecule has 35 heavy (non-hydrogen) atoms. The maximum atomic E-state index is 13.1. The SMILES string of the molecule is COC(=O)c1ccc(C(=O)OC)c(NC(=O)c2ccc3c(c2)C[C@H](c2ccc(Cl)cc2)OC3=O)c1. The topological polar surface area (TPSA) is 108 Å². The van der Waals surface area contributed by atoms with Crippen LogP contribution in [0.5, 0.6) is 0 Å². The first-order chi connectivity index (χ1) is 16.8. The van der Waals surface area contributed by atoms with E-state index in [2.05, 4.69) is 5.32 Å². The van der Waals surface area contributed by atoms with Crippen LogP contribution in [0, 0.1) is 0 Å². The Labute approximate surface area is 205 Å². The molecule has 1 aliphatic heterocycles. The fourth-order valence-corrected chi connectivity index (χ4v) is 3.90. The third-order valence-electron chi connectivity index (χ3n) is 5.58. The van der Waals surface area contributed by atoms with Crippen LogP contribution in [0.25, 0.3) is 0 Å². The standard InChI is InChI=1S/C26H20ClNO7/c1-33-24(30)16-6-10-20(25(31)34-2)21(12-16)28-23(29)15-5-9-19-17(11-15)13-22(35-26(19)32)14-3-7-18(27)8-4-14/h3-12,22H,13H2,1-2H3,(H,28,29)/t22-/m1/s1. The first-order valence-electron chi connectivity index (χ1n) is 10.5. The van der Waals surface area contributed by atoms with Crippen molar-refractivity contribution in [3.63, 3.8) is 0 Å². The molecule has 0 unspecified atom stereocenters. The molecule has 0 bridgehead atoms. The van der Waals surface area contributed by atoms with Crippen LogP contribution in [0.2, 0.25) is 5.02 Å². The Morgan fingerprint density at radius 2 is 1.60 bits per heavy atom. The Balaban J connectivity index is 1.63. The van der Waals surface area contributed by atoms with Gasteiger partial charge in [0.2, 0.25) is 0 Å². The molecule has 8 nitrogen and oxygen atoms in total. The van der Waals surface area contributed by atoms with Gasteiger partial charge in [-0.05, 0) is 59.7 Å². The number of benzene rings is 3. The fourth-order valence-electron chi connectivity index (χ4n) is 3.78. The Morgan fingerprint density at radius 1 is 0.914 bits per heavy atom. The van der Waals surface area contributed by atoms with Crippen molar-refractivity contribution >= 4 is 41.1 Å². The summed E-state index contributed by atoms with van der Waals surface area (Å²) in [5, 5.41) is 3.22. The smallest absolute Gasteiger partial charge is 0.339 e. The number of anilines is 1. The van der Waals surface area contributed by atoms with Crippen molar-refractivity contribution < 1.29 is 33.4 Å². The zero-order valence-electron chi connectivity index (χ0n) is 18.8. The summed E-state index contributed by atoms with van der Waals surface area (Å²) in [5.74, 6) is -2.34. The number of cyclic esters (lactones) is 1. The minimum Gasteiger partial charge on any atom is -0.465 e. The molecule has 1 atom stereocenters. The number of esters is 3. The molecule has 0 radical (unpaired) electrons. The molecule has 1 N–H and O–H groups in total. The number of nitrogens with one attached hydrogen (secondary N) is 1. The van der Waals surface area contributed by atoms with E-state index in [9.17, 15) is 19.2 Å². The van der Waals surface area contributed by atoms with Gasteiger partial charge < -0.3 is 19.5 Å². The number of rotatable bonds is 5. The van der Waals surface area contributed by atoms with E-state index in [1.807, 2.05) is 0 Å². The van der Waals surface area contributed by atoms with Gasteiger partial charge in [0.1, 0.15) is 6.10 Å². The van der Waals surface area contributed by atoms with Gasteiger partial charge in [-0.2, -0.15) is 0 Å². The van der Waals surface area contributed by atoms with Crippen LogP contribution in [0.4, 0.5) is 5.69 Å². The average molecular weight is 494 g/mol. The second-order valence-corrected chi connectivity index (χ2v) is 8.16. The van der Waals surface area contributed by atoms with Gasteiger partial charge in [-0.25, -0.2) is 14.4 Å².